The molecule has 5 heteroatoms. The molecule has 3 aromatic carbocycles. The lowest BCUT2D eigenvalue weighted by Gasteiger charge is -2.19. The molecule has 3 aromatic rings. The second-order valence-electron chi connectivity index (χ2n) is 7.05. The molecule has 0 saturated heterocycles. The monoisotopic (exact) mass is 421 g/mol. The average molecular weight is 422 g/mol. The van der Waals surface area contributed by atoms with Gasteiger partial charge in [-0.2, -0.15) is 11.8 Å². The number of ether oxygens (including phenoxy) is 2. The minimum atomic E-state index is 0.00123. The van der Waals surface area contributed by atoms with Gasteiger partial charge in [0.15, 0.2) is 11.5 Å². The maximum absolute atomic E-state index is 12.8. The Morgan fingerprint density at radius 1 is 0.900 bits per heavy atom. The van der Waals surface area contributed by atoms with Crippen LogP contribution in [0, 0.1) is 0 Å². The van der Waals surface area contributed by atoms with Crippen LogP contribution in [-0.2, 0) is 18.9 Å². The van der Waals surface area contributed by atoms with Crippen LogP contribution in [0.4, 0.5) is 0 Å². The van der Waals surface area contributed by atoms with E-state index in [1.807, 2.05) is 79.8 Å². The van der Waals surface area contributed by atoms with Gasteiger partial charge in [-0.1, -0.05) is 48.5 Å². The highest BCUT2D eigenvalue weighted by Gasteiger charge is 2.14. The van der Waals surface area contributed by atoms with Crippen LogP contribution in [0.25, 0.3) is 0 Å². The SMILES string of the molecule is COc1cc(CN(C)C(=O)c2cccc(CSC)c2)ccc1OCc1ccccc1. The van der Waals surface area contributed by atoms with Crippen molar-refractivity contribution < 1.29 is 14.3 Å². The Bertz CT molecular complexity index is 975. The van der Waals surface area contributed by atoms with E-state index in [2.05, 4.69) is 6.26 Å². The summed E-state index contributed by atoms with van der Waals surface area (Å²) >= 11 is 1.74. The van der Waals surface area contributed by atoms with Crippen molar-refractivity contribution in [3.8, 4) is 11.5 Å². The molecule has 0 spiro atoms. The van der Waals surface area contributed by atoms with Gasteiger partial charge in [0.2, 0.25) is 0 Å². The summed E-state index contributed by atoms with van der Waals surface area (Å²) in [4.78, 5) is 14.6. The molecule has 0 N–H and O–H groups in total. The standard InChI is InChI=1S/C25H27NO3S/c1-26(25(27)22-11-7-10-21(14-22)18-30-3)16-20-12-13-23(24(15-20)28-2)29-17-19-8-5-4-6-9-19/h4-15H,16-18H2,1-3H3. The Kier molecular flexibility index (Phi) is 7.80. The van der Waals surface area contributed by atoms with E-state index < -0.39 is 0 Å². The molecule has 1 amide bonds. The summed E-state index contributed by atoms with van der Waals surface area (Å²) < 4.78 is 11.4. The van der Waals surface area contributed by atoms with E-state index in [4.69, 9.17) is 9.47 Å². The number of benzene rings is 3. The Morgan fingerprint density at radius 2 is 1.67 bits per heavy atom. The van der Waals surface area contributed by atoms with E-state index in [1.165, 1.54) is 0 Å². The number of carbonyl (C=O) groups is 1. The minimum Gasteiger partial charge on any atom is -0.493 e. The van der Waals surface area contributed by atoms with E-state index >= 15 is 0 Å². The number of nitrogens with zero attached hydrogens (tertiary/aromatic N) is 1. The number of methoxy groups -OCH3 is 1. The molecule has 30 heavy (non-hydrogen) atoms. The van der Waals surface area contributed by atoms with Gasteiger partial charge in [-0.25, -0.2) is 0 Å². The summed E-state index contributed by atoms with van der Waals surface area (Å²) in [7, 11) is 3.44. The second-order valence-corrected chi connectivity index (χ2v) is 7.92. The summed E-state index contributed by atoms with van der Waals surface area (Å²) in [5.41, 5.74) is 3.94. The van der Waals surface area contributed by atoms with Crippen molar-refractivity contribution in [1.29, 1.82) is 0 Å². The smallest absolute Gasteiger partial charge is 0.253 e. The van der Waals surface area contributed by atoms with Crippen molar-refractivity contribution in [2.45, 2.75) is 18.9 Å². The molecule has 156 valence electrons. The zero-order valence-electron chi connectivity index (χ0n) is 17.6. The molecule has 0 fully saturated rings. The molecule has 3 rings (SSSR count). The molecule has 0 aliphatic heterocycles. The fourth-order valence-electron chi connectivity index (χ4n) is 3.19. The summed E-state index contributed by atoms with van der Waals surface area (Å²) in [5.74, 6) is 2.24. The van der Waals surface area contributed by atoms with E-state index in [1.54, 1.807) is 23.8 Å². The molecule has 0 aliphatic carbocycles. The lowest BCUT2D eigenvalue weighted by Crippen LogP contribution is -2.26. The molecular formula is C25H27NO3S. The molecule has 4 nitrogen and oxygen atoms in total. The average Bonchev–Trinajstić information content (AvgIpc) is 2.78. The molecule has 0 saturated carbocycles. The van der Waals surface area contributed by atoms with Gasteiger partial charge in [-0.05, 0) is 47.2 Å². The van der Waals surface area contributed by atoms with E-state index in [-0.39, 0.29) is 5.91 Å². The number of rotatable bonds is 9. The highest BCUT2D eigenvalue weighted by molar-refractivity contribution is 7.97. The largest absolute Gasteiger partial charge is 0.493 e. The lowest BCUT2D eigenvalue weighted by atomic mass is 10.1. The van der Waals surface area contributed by atoms with E-state index in [0.717, 1.165) is 22.4 Å². The molecule has 0 radical (unpaired) electrons. The van der Waals surface area contributed by atoms with Gasteiger partial charge in [0.25, 0.3) is 5.91 Å². The van der Waals surface area contributed by atoms with Crippen molar-refractivity contribution in [2.75, 3.05) is 20.4 Å². The zero-order valence-corrected chi connectivity index (χ0v) is 18.4. The van der Waals surface area contributed by atoms with E-state index in [9.17, 15) is 4.79 Å². The van der Waals surface area contributed by atoms with Gasteiger partial charge in [-0.3, -0.25) is 4.79 Å². The number of hydrogen-bond acceptors (Lipinski definition) is 4. The molecular weight excluding hydrogens is 394 g/mol. The predicted octanol–water partition coefficient (Wildman–Crippen LogP) is 5.41. The van der Waals surface area contributed by atoms with Crippen molar-refractivity contribution >= 4 is 17.7 Å². The third-order valence-corrected chi connectivity index (χ3v) is 5.34. The number of amides is 1. The van der Waals surface area contributed by atoms with Crippen LogP contribution >= 0.6 is 11.8 Å². The zero-order chi connectivity index (χ0) is 21.3. The van der Waals surface area contributed by atoms with Crippen LogP contribution in [0.3, 0.4) is 0 Å². The fourth-order valence-corrected chi connectivity index (χ4v) is 3.70. The summed E-state index contributed by atoms with van der Waals surface area (Å²) in [6.07, 6.45) is 2.06. The maximum atomic E-state index is 12.8. The molecule has 0 aliphatic rings. The number of hydrogen-bond donors (Lipinski definition) is 0. The van der Waals surface area contributed by atoms with Crippen LogP contribution in [0.2, 0.25) is 0 Å². The van der Waals surface area contributed by atoms with Crippen LogP contribution in [0.5, 0.6) is 11.5 Å². The van der Waals surface area contributed by atoms with Crippen molar-refractivity contribution in [2.24, 2.45) is 0 Å². The molecule has 0 heterocycles. The second kappa shape index (κ2) is 10.7. The molecule has 0 bridgehead atoms. The number of carbonyl (C=O) groups excluding carboxylic acids is 1. The van der Waals surface area contributed by atoms with Crippen molar-refractivity contribution in [1.82, 2.24) is 4.90 Å². The Morgan fingerprint density at radius 3 is 2.40 bits per heavy atom. The van der Waals surface area contributed by atoms with Crippen LogP contribution in [0.15, 0.2) is 72.8 Å². The number of thioether (sulfide) groups is 1. The van der Waals surface area contributed by atoms with Gasteiger partial charge in [0.05, 0.1) is 7.11 Å². The van der Waals surface area contributed by atoms with Crippen LogP contribution in [0.1, 0.15) is 27.0 Å². The quantitative estimate of drug-likeness (QED) is 0.463. The summed E-state index contributed by atoms with van der Waals surface area (Å²) in [6.45, 7) is 0.961. The van der Waals surface area contributed by atoms with Crippen molar-refractivity contribution in [3.05, 3.63) is 95.1 Å². The normalized spacial score (nSPS) is 10.5. The van der Waals surface area contributed by atoms with Crippen molar-refractivity contribution in [3.63, 3.8) is 0 Å². The maximum Gasteiger partial charge on any atom is 0.253 e. The predicted molar refractivity (Wildman–Crippen MR) is 123 cm³/mol. The first-order valence-electron chi connectivity index (χ1n) is 9.77. The third kappa shape index (κ3) is 5.80. The first-order chi connectivity index (χ1) is 14.6. The summed E-state index contributed by atoms with van der Waals surface area (Å²) in [5, 5.41) is 0. The fraction of sp³-hybridized carbons (Fsp3) is 0.240. The third-order valence-electron chi connectivity index (χ3n) is 4.72. The first kappa shape index (κ1) is 21.8. The molecule has 0 aromatic heterocycles. The molecule has 0 atom stereocenters. The highest BCUT2D eigenvalue weighted by Crippen LogP contribution is 2.29. The van der Waals surface area contributed by atoms with Gasteiger partial charge in [0.1, 0.15) is 6.61 Å². The Hall–Kier alpha value is -2.92. The summed E-state index contributed by atoms with van der Waals surface area (Å²) in [6, 6.07) is 23.6. The van der Waals surface area contributed by atoms with Crippen LogP contribution < -0.4 is 9.47 Å². The minimum absolute atomic E-state index is 0.00123. The first-order valence-corrected chi connectivity index (χ1v) is 11.2. The van der Waals surface area contributed by atoms with Gasteiger partial charge >= 0.3 is 0 Å². The van der Waals surface area contributed by atoms with Gasteiger partial charge in [0, 0.05) is 24.9 Å². The Balaban J connectivity index is 1.67. The van der Waals surface area contributed by atoms with Gasteiger partial charge in [-0.15, -0.1) is 0 Å². The topological polar surface area (TPSA) is 38.8 Å². The lowest BCUT2D eigenvalue weighted by molar-refractivity contribution is 0.0785. The Labute approximate surface area is 182 Å². The van der Waals surface area contributed by atoms with Crippen LogP contribution in [-0.4, -0.2) is 31.2 Å². The van der Waals surface area contributed by atoms with Gasteiger partial charge < -0.3 is 14.4 Å². The van der Waals surface area contributed by atoms with E-state index in [0.29, 0.717) is 30.2 Å². The molecule has 0 unspecified atom stereocenters. The highest BCUT2D eigenvalue weighted by atomic mass is 32.2.